The Morgan fingerprint density at radius 1 is 1.43 bits per heavy atom. The van der Waals surface area contributed by atoms with Crippen molar-refractivity contribution in [2.24, 2.45) is 5.73 Å². The number of aromatic nitrogens is 1. The highest BCUT2D eigenvalue weighted by atomic mass is 32.1. The van der Waals surface area contributed by atoms with E-state index in [0.717, 1.165) is 41.7 Å². The number of likely N-dealkylation sites (N-methyl/N-ethyl adjacent to an activating group) is 1. The standard InChI is InChI=1S/C16H20N4S/c1-20-8-4-5-11(10-20)19-15-12-6-2-3-7-14(12)18-9-13(15)16(17)21/h2-3,6-7,9,11H,4-5,8,10H2,1H3,(H2,17,21)(H,18,19). The number of fused-ring (bicyclic) bond motifs is 1. The molecular formula is C16H20N4S. The SMILES string of the molecule is CN1CCCC(Nc2c(C(N)=S)cnc3ccccc23)C1. The summed E-state index contributed by atoms with van der Waals surface area (Å²) in [6.45, 7) is 2.20. The maximum absolute atomic E-state index is 5.88. The van der Waals surface area contributed by atoms with Crippen molar-refractivity contribution >= 4 is 33.8 Å². The maximum Gasteiger partial charge on any atom is 0.107 e. The molecule has 0 aliphatic carbocycles. The second kappa shape index (κ2) is 5.95. The Morgan fingerprint density at radius 2 is 2.24 bits per heavy atom. The minimum Gasteiger partial charge on any atom is -0.389 e. The van der Waals surface area contributed by atoms with Gasteiger partial charge in [-0.1, -0.05) is 30.4 Å². The molecule has 1 fully saturated rings. The average Bonchev–Trinajstić information content (AvgIpc) is 2.47. The molecule has 0 amide bonds. The number of nitrogens with one attached hydrogen (secondary N) is 1. The Labute approximate surface area is 130 Å². The zero-order valence-corrected chi connectivity index (χ0v) is 13.0. The Balaban J connectivity index is 2.01. The maximum atomic E-state index is 5.88. The molecule has 110 valence electrons. The van der Waals surface area contributed by atoms with Crippen LogP contribution >= 0.6 is 12.2 Å². The van der Waals surface area contributed by atoms with E-state index in [4.69, 9.17) is 18.0 Å². The van der Waals surface area contributed by atoms with E-state index in [0.29, 0.717) is 11.0 Å². The third-order valence-electron chi connectivity index (χ3n) is 4.01. The lowest BCUT2D eigenvalue weighted by Crippen LogP contribution is -2.40. The minimum atomic E-state index is 0.389. The lowest BCUT2D eigenvalue weighted by Gasteiger charge is -2.31. The first-order valence-electron chi connectivity index (χ1n) is 7.28. The molecule has 21 heavy (non-hydrogen) atoms. The number of hydrogen-bond acceptors (Lipinski definition) is 4. The summed E-state index contributed by atoms with van der Waals surface area (Å²) < 4.78 is 0. The fourth-order valence-electron chi connectivity index (χ4n) is 2.97. The van der Waals surface area contributed by atoms with Gasteiger partial charge >= 0.3 is 0 Å². The minimum absolute atomic E-state index is 0.389. The molecule has 2 aromatic rings. The molecule has 4 nitrogen and oxygen atoms in total. The van der Waals surface area contributed by atoms with Gasteiger partial charge in [0.05, 0.1) is 16.8 Å². The van der Waals surface area contributed by atoms with Crippen LogP contribution in [0, 0.1) is 0 Å². The van der Waals surface area contributed by atoms with Crippen LogP contribution < -0.4 is 11.1 Å². The fourth-order valence-corrected chi connectivity index (χ4v) is 3.13. The molecule has 1 saturated heterocycles. The van der Waals surface area contributed by atoms with Crippen molar-refractivity contribution in [3.8, 4) is 0 Å². The van der Waals surface area contributed by atoms with Crippen LogP contribution in [0.2, 0.25) is 0 Å². The van der Waals surface area contributed by atoms with Gasteiger partial charge in [0.25, 0.3) is 0 Å². The third-order valence-corrected chi connectivity index (χ3v) is 4.23. The van der Waals surface area contributed by atoms with Crippen LogP contribution in [0.1, 0.15) is 18.4 Å². The number of pyridine rings is 1. The van der Waals surface area contributed by atoms with Gasteiger partial charge in [0, 0.05) is 24.2 Å². The largest absolute Gasteiger partial charge is 0.389 e. The van der Waals surface area contributed by atoms with Gasteiger partial charge in [0.1, 0.15) is 4.99 Å². The number of rotatable bonds is 3. The van der Waals surface area contributed by atoms with Crippen molar-refractivity contribution in [2.45, 2.75) is 18.9 Å². The van der Waals surface area contributed by atoms with E-state index in [1.54, 1.807) is 6.20 Å². The summed E-state index contributed by atoms with van der Waals surface area (Å²) in [5.41, 5.74) is 8.69. The number of thiocarbonyl (C=S) groups is 1. The van der Waals surface area contributed by atoms with Gasteiger partial charge in [-0.05, 0) is 32.5 Å². The summed E-state index contributed by atoms with van der Waals surface area (Å²) in [5.74, 6) is 0. The molecule has 2 heterocycles. The van der Waals surface area contributed by atoms with Crippen molar-refractivity contribution in [3.05, 3.63) is 36.0 Å². The highest BCUT2D eigenvalue weighted by Gasteiger charge is 2.19. The van der Waals surface area contributed by atoms with Crippen LogP contribution in [0.15, 0.2) is 30.5 Å². The fraction of sp³-hybridized carbons (Fsp3) is 0.375. The molecule has 1 atom stereocenters. The number of likely N-dealkylation sites (tertiary alicyclic amines) is 1. The molecular weight excluding hydrogens is 280 g/mol. The number of hydrogen-bond donors (Lipinski definition) is 2. The number of para-hydroxylation sites is 1. The summed E-state index contributed by atoms with van der Waals surface area (Å²) in [7, 11) is 2.16. The van der Waals surface area contributed by atoms with Crippen LogP contribution in [0.4, 0.5) is 5.69 Å². The Hall–Kier alpha value is -1.72. The van der Waals surface area contributed by atoms with E-state index < -0.39 is 0 Å². The quantitative estimate of drug-likeness (QED) is 0.852. The highest BCUT2D eigenvalue weighted by molar-refractivity contribution is 7.80. The van der Waals surface area contributed by atoms with Gasteiger partial charge in [-0.2, -0.15) is 0 Å². The van der Waals surface area contributed by atoms with Crippen molar-refractivity contribution in [3.63, 3.8) is 0 Å². The molecule has 0 radical (unpaired) electrons. The number of nitrogens with zero attached hydrogens (tertiary/aromatic N) is 2. The summed E-state index contributed by atoms with van der Waals surface area (Å²) in [6, 6.07) is 8.51. The zero-order chi connectivity index (χ0) is 14.8. The first-order chi connectivity index (χ1) is 10.1. The predicted octanol–water partition coefficient (Wildman–Crippen LogP) is 2.38. The van der Waals surface area contributed by atoms with Crippen LogP contribution in [0.5, 0.6) is 0 Å². The number of benzene rings is 1. The number of anilines is 1. The van der Waals surface area contributed by atoms with Crippen LogP contribution in [-0.4, -0.2) is 41.1 Å². The zero-order valence-electron chi connectivity index (χ0n) is 12.2. The van der Waals surface area contributed by atoms with Crippen molar-refractivity contribution in [1.82, 2.24) is 9.88 Å². The summed E-state index contributed by atoms with van der Waals surface area (Å²) in [5, 5.41) is 4.73. The van der Waals surface area contributed by atoms with Gasteiger partial charge in [0.15, 0.2) is 0 Å². The predicted molar refractivity (Wildman–Crippen MR) is 91.8 cm³/mol. The van der Waals surface area contributed by atoms with Crippen LogP contribution in [-0.2, 0) is 0 Å². The Bertz CT molecular complexity index is 670. The molecule has 3 rings (SSSR count). The molecule has 3 N–H and O–H groups in total. The summed E-state index contributed by atoms with van der Waals surface area (Å²) in [4.78, 5) is 7.19. The van der Waals surface area contributed by atoms with Crippen molar-refractivity contribution in [1.29, 1.82) is 0 Å². The van der Waals surface area contributed by atoms with E-state index in [1.165, 1.54) is 6.42 Å². The lowest BCUT2D eigenvalue weighted by molar-refractivity contribution is 0.261. The highest BCUT2D eigenvalue weighted by Crippen LogP contribution is 2.27. The molecule has 5 heteroatoms. The second-order valence-electron chi connectivity index (χ2n) is 5.67. The van der Waals surface area contributed by atoms with E-state index in [2.05, 4.69) is 28.3 Å². The third kappa shape index (κ3) is 2.99. The first kappa shape index (κ1) is 14.2. The number of nitrogens with two attached hydrogens (primary N) is 1. The van der Waals surface area contributed by atoms with Crippen molar-refractivity contribution in [2.75, 3.05) is 25.5 Å². The van der Waals surface area contributed by atoms with Crippen LogP contribution in [0.3, 0.4) is 0 Å². The van der Waals surface area contributed by atoms with Crippen LogP contribution in [0.25, 0.3) is 10.9 Å². The van der Waals surface area contributed by atoms with Crippen molar-refractivity contribution < 1.29 is 0 Å². The van der Waals surface area contributed by atoms with E-state index in [-0.39, 0.29) is 0 Å². The van der Waals surface area contributed by atoms with Gasteiger partial charge in [-0.25, -0.2) is 0 Å². The van der Waals surface area contributed by atoms with E-state index in [9.17, 15) is 0 Å². The average molecular weight is 300 g/mol. The molecule has 1 aliphatic heterocycles. The molecule has 1 aromatic carbocycles. The molecule has 0 bridgehead atoms. The van der Waals surface area contributed by atoms with E-state index >= 15 is 0 Å². The Morgan fingerprint density at radius 3 is 3.00 bits per heavy atom. The number of piperidine rings is 1. The summed E-state index contributed by atoms with van der Waals surface area (Å²) >= 11 is 5.19. The topological polar surface area (TPSA) is 54.2 Å². The summed E-state index contributed by atoms with van der Waals surface area (Å²) in [6.07, 6.45) is 4.15. The van der Waals surface area contributed by atoms with E-state index in [1.807, 2.05) is 18.2 Å². The molecule has 1 aromatic heterocycles. The van der Waals surface area contributed by atoms with Gasteiger partial charge in [-0.3, -0.25) is 4.98 Å². The monoisotopic (exact) mass is 300 g/mol. The second-order valence-corrected chi connectivity index (χ2v) is 6.11. The van der Waals surface area contributed by atoms with Gasteiger partial charge < -0.3 is 16.0 Å². The molecule has 0 saturated carbocycles. The lowest BCUT2D eigenvalue weighted by atomic mass is 10.0. The van der Waals surface area contributed by atoms with Gasteiger partial charge in [0.2, 0.25) is 0 Å². The Kier molecular flexibility index (Phi) is 4.03. The van der Waals surface area contributed by atoms with Gasteiger partial charge in [-0.15, -0.1) is 0 Å². The molecule has 0 spiro atoms. The normalized spacial score (nSPS) is 19.6. The molecule has 1 aliphatic rings. The smallest absolute Gasteiger partial charge is 0.107 e. The first-order valence-corrected chi connectivity index (χ1v) is 7.68. The molecule has 1 unspecified atom stereocenters.